The van der Waals surface area contributed by atoms with Gasteiger partial charge in [-0.15, -0.1) is 0 Å². The highest BCUT2D eigenvalue weighted by atomic mass is 35.5. The number of carboxylic acid groups (broad SMARTS) is 1. The second kappa shape index (κ2) is 7.16. The molecule has 3 nitrogen and oxygen atoms in total. The van der Waals surface area contributed by atoms with Crippen LogP contribution in [0, 0.1) is 0 Å². The molecular formula is C16H12Cl2O3. The van der Waals surface area contributed by atoms with Gasteiger partial charge < -0.3 is 9.84 Å². The summed E-state index contributed by atoms with van der Waals surface area (Å²) < 4.78 is 5.70. The summed E-state index contributed by atoms with van der Waals surface area (Å²) in [4.78, 5) is 10.6. The predicted octanol–water partition coefficient (Wildman–Crippen LogP) is 4.67. The van der Waals surface area contributed by atoms with E-state index >= 15 is 0 Å². The summed E-state index contributed by atoms with van der Waals surface area (Å²) in [6.07, 6.45) is 2.55. The molecule has 0 spiro atoms. The minimum absolute atomic E-state index is 0.272. The summed E-state index contributed by atoms with van der Waals surface area (Å²) >= 11 is 11.9. The number of rotatable bonds is 5. The third-order valence-corrected chi connectivity index (χ3v) is 3.31. The Morgan fingerprint density at radius 2 is 1.95 bits per heavy atom. The molecule has 1 N–H and O–H groups in total. The van der Waals surface area contributed by atoms with Gasteiger partial charge in [0.1, 0.15) is 12.4 Å². The van der Waals surface area contributed by atoms with Crippen molar-refractivity contribution in [1.82, 2.24) is 0 Å². The Morgan fingerprint density at radius 1 is 1.19 bits per heavy atom. The second-order valence-corrected chi connectivity index (χ2v) is 5.08. The summed E-state index contributed by atoms with van der Waals surface area (Å²) in [5.74, 6) is -0.424. The number of para-hydroxylation sites is 1. The number of carbonyl (C=O) groups is 1. The first-order chi connectivity index (χ1) is 10.1. The lowest BCUT2D eigenvalue weighted by Crippen LogP contribution is -1.98. The van der Waals surface area contributed by atoms with Crippen molar-refractivity contribution in [2.45, 2.75) is 6.61 Å². The highest BCUT2D eigenvalue weighted by Gasteiger charge is 2.05. The van der Waals surface area contributed by atoms with Crippen LogP contribution in [0.1, 0.15) is 11.1 Å². The third-order valence-electron chi connectivity index (χ3n) is 2.72. The van der Waals surface area contributed by atoms with Gasteiger partial charge in [0.25, 0.3) is 0 Å². The fourth-order valence-corrected chi connectivity index (χ4v) is 2.17. The topological polar surface area (TPSA) is 46.5 Å². The molecule has 2 rings (SSSR count). The highest BCUT2D eigenvalue weighted by molar-refractivity contribution is 6.35. The maximum absolute atomic E-state index is 10.6. The van der Waals surface area contributed by atoms with Crippen LogP contribution in [0.2, 0.25) is 10.0 Å². The van der Waals surface area contributed by atoms with Gasteiger partial charge in [-0.1, -0.05) is 47.5 Å². The fourth-order valence-electron chi connectivity index (χ4n) is 1.70. The number of hydrogen-bond donors (Lipinski definition) is 1. The van der Waals surface area contributed by atoms with E-state index in [0.29, 0.717) is 21.4 Å². The minimum Gasteiger partial charge on any atom is -0.488 e. The van der Waals surface area contributed by atoms with E-state index in [-0.39, 0.29) is 6.61 Å². The van der Waals surface area contributed by atoms with E-state index in [1.807, 2.05) is 12.1 Å². The number of halogens is 2. The van der Waals surface area contributed by atoms with Crippen LogP contribution in [-0.4, -0.2) is 11.1 Å². The molecule has 0 saturated heterocycles. The van der Waals surface area contributed by atoms with Crippen LogP contribution in [0.5, 0.6) is 5.75 Å². The number of aliphatic carboxylic acids is 1. The monoisotopic (exact) mass is 322 g/mol. The van der Waals surface area contributed by atoms with E-state index in [4.69, 9.17) is 33.0 Å². The maximum Gasteiger partial charge on any atom is 0.328 e. The summed E-state index contributed by atoms with van der Waals surface area (Å²) in [5, 5.41) is 9.77. The van der Waals surface area contributed by atoms with Gasteiger partial charge in [-0.2, -0.15) is 0 Å². The van der Waals surface area contributed by atoms with Crippen LogP contribution in [0.3, 0.4) is 0 Å². The Labute approximate surface area is 132 Å². The first kappa shape index (κ1) is 15.4. The zero-order chi connectivity index (χ0) is 15.2. The lowest BCUT2D eigenvalue weighted by molar-refractivity contribution is -0.131. The van der Waals surface area contributed by atoms with Crippen molar-refractivity contribution in [3.8, 4) is 5.75 Å². The van der Waals surface area contributed by atoms with Gasteiger partial charge in [-0.05, 0) is 24.3 Å². The molecule has 21 heavy (non-hydrogen) atoms. The van der Waals surface area contributed by atoms with Crippen LogP contribution in [-0.2, 0) is 11.4 Å². The Kier molecular flexibility index (Phi) is 5.26. The Hall–Kier alpha value is -1.97. The van der Waals surface area contributed by atoms with Crippen LogP contribution < -0.4 is 4.74 Å². The molecule has 108 valence electrons. The zero-order valence-electron chi connectivity index (χ0n) is 10.9. The summed E-state index contributed by atoms with van der Waals surface area (Å²) in [7, 11) is 0. The number of ether oxygens (including phenoxy) is 1. The third kappa shape index (κ3) is 4.52. The highest BCUT2D eigenvalue weighted by Crippen LogP contribution is 2.25. The largest absolute Gasteiger partial charge is 0.488 e. The molecule has 0 aliphatic heterocycles. The number of hydrogen-bond acceptors (Lipinski definition) is 2. The van der Waals surface area contributed by atoms with Crippen molar-refractivity contribution in [2.75, 3.05) is 0 Å². The van der Waals surface area contributed by atoms with Gasteiger partial charge in [0.05, 0.1) is 0 Å². The SMILES string of the molecule is O=C(O)C=Cc1ccccc1OCc1ccc(Cl)cc1Cl. The van der Waals surface area contributed by atoms with Crippen LogP contribution >= 0.6 is 23.2 Å². The summed E-state index contributed by atoms with van der Waals surface area (Å²) in [6.45, 7) is 0.272. The molecule has 0 aliphatic carbocycles. The summed E-state index contributed by atoms with van der Waals surface area (Å²) in [6, 6.07) is 12.4. The average molecular weight is 323 g/mol. The van der Waals surface area contributed by atoms with Crippen LogP contribution in [0.25, 0.3) is 6.08 Å². The van der Waals surface area contributed by atoms with E-state index in [0.717, 1.165) is 11.6 Å². The Morgan fingerprint density at radius 3 is 2.67 bits per heavy atom. The zero-order valence-corrected chi connectivity index (χ0v) is 12.4. The molecule has 0 unspecified atom stereocenters. The molecule has 5 heteroatoms. The van der Waals surface area contributed by atoms with Crippen LogP contribution in [0.15, 0.2) is 48.5 Å². The molecular weight excluding hydrogens is 311 g/mol. The standard InChI is InChI=1S/C16H12Cl2O3/c17-13-7-5-12(14(18)9-13)10-21-15-4-2-1-3-11(15)6-8-16(19)20/h1-9H,10H2,(H,19,20). The van der Waals surface area contributed by atoms with Crippen molar-refractivity contribution in [2.24, 2.45) is 0 Å². The predicted molar refractivity (Wildman–Crippen MR) is 83.9 cm³/mol. The van der Waals surface area contributed by atoms with E-state index in [9.17, 15) is 4.79 Å². The van der Waals surface area contributed by atoms with Crippen molar-refractivity contribution in [1.29, 1.82) is 0 Å². The smallest absolute Gasteiger partial charge is 0.328 e. The van der Waals surface area contributed by atoms with Crippen molar-refractivity contribution in [3.63, 3.8) is 0 Å². The van der Waals surface area contributed by atoms with Crippen molar-refractivity contribution >= 4 is 35.2 Å². The van der Waals surface area contributed by atoms with Gasteiger partial charge >= 0.3 is 5.97 Å². The minimum atomic E-state index is -1.01. The first-order valence-electron chi connectivity index (χ1n) is 6.13. The van der Waals surface area contributed by atoms with Gasteiger partial charge in [0, 0.05) is 27.2 Å². The van der Waals surface area contributed by atoms with E-state index in [2.05, 4.69) is 0 Å². The first-order valence-corrected chi connectivity index (χ1v) is 6.88. The molecule has 0 amide bonds. The molecule has 0 aromatic heterocycles. The number of carboxylic acids is 1. The van der Waals surface area contributed by atoms with E-state index in [1.165, 1.54) is 6.08 Å². The van der Waals surface area contributed by atoms with Gasteiger partial charge in [0.15, 0.2) is 0 Å². The van der Waals surface area contributed by atoms with Gasteiger partial charge in [0.2, 0.25) is 0 Å². The normalized spacial score (nSPS) is 10.8. The molecule has 0 atom stereocenters. The summed E-state index contributed by atoms with van der Waals surface area (Å²) in [5.41, 5.74) is 1.49. The van der Waals surface area contributed by atoms with E-state index < -0.39 is 5.97 Å². The molecule has 0 aliphatic rings. The lowest BCUT2D eigenvalue weighted by Gasteiger charge is -2.10. The average Bonchev–Trinajstić information content (AvgIpc) is 2.45. The Bertz CT molecular complexity index is 681. The van der Waals surface area contributed by atoms with E-state index in [1.54, 1.807) is 30.3 Å². The lowest BCUT2D eigenvalue weighted by atomic mass is 10.2. The quantitative estimate of drug-likeness (QED) is 0.813. The van der Waals surface area contributed by atoms with Crippen LogP contribution in [0.4, 0.5) is 0 Å². The molecule has 0 radical (unpaired) electrons. The fraction of sp³-hybridized carbons (Fsp3) is 0.0625. The molecule has 0 heterocycles. The molecule has 2 aromatic rings. The van der Waals surface area contributed by atoms with Gasteiger partial charge in [-0.3, -0.25) is 0 Å². The molecule has 0 bridgehead atoms. The Balaban J connectivity index is 2.14. The maximum atomic E-state index is 10.6. The van der Waals surface area contributed by atoms with Crippen molar-refractivity contribution < 1.29 is 14.6 Å². The molecule has 0 saturated carbocycles. The molecule has 2 aromatic carbocycles. The second-order valence-electron chi connectivity index (χ2n) is 4.23. The number of benzene rings is 2. The van der Waals surface area contributed by atoms with Crippen molar-refractivity contribution in [3.05, 3.63) is 69.7 Å². The molecule has 0 fully saturated rings. The van der Waals surface area contributed by atoms with Gasteiger partial charge in [-0.25, -0.2) is 4.79 Å².